The predicted octanol–water partition coefficient (Wildman–Crippen LogP) is 1.20. The van der Waals surface area contributed by atoms with Crippen molar-refractivity contribution in [3.05, 3.63) is 41.5 Å². The number of benzene rings is 1. The zero-order valence-corrected chi connectivity index (χ0v) is 13.8. The van der Waals surface area contributed by atoms with E-state index >= 15 is 0 Å². The second-order valence-electron chi connectivity index (χ2n) is 5.95. The van der Waals surface area contributed by atoms with Gasteiger partial charge in [0.15, 0.2) is 6.61 Å². The zero-order chi connectivity index (χ0) is 17.7. The molecule has 8 heteroatoms. The number of nitrogens with zero attached hydrogens (tertiary/aromatic N) is 2. The number of carbonyl (C=O) groups is 2. The molecule has 0 atom stereocenters. The predicted molar refractivity (Wildman–Crippen MR) is 85.1 cm³/mol. The average molecular weight is 332 g/mol. The summed E-state index contributed by atoms with van der Waals surface area (Å²) < 4.78 is 10.5. The smallest absolute Gasteiger partial charge is 0.255 e. The Bertz CT molecular complexity index is 739. The summed E-state index contributed by atoms with van der Waals surface area (Å²) in [5.41, 5.74) is 4.81. The third kappa shape index (κ3) is 4.31. The minimum Gasteiger partial charge on any atom is -0.485 e. The first kappa shape index (κ1) is 17.5. The Kier molecular flexibility index (Phi) is 5.18. The van der Waals surface area contributed by atoms with Crippen LogP contribution in [-0.2, 0) is 11.4 Å². The number of aromatic nitrogens is 2. The Hall–Kier alpha value is -2.90. The lowest BCUT2D eigenvalue weighted by molar-refractivity contribution is -0.125. The topological polar surface area (TPSA) is 120 Å². The molecule has 0 aliphatic carbocycles. The van der Waals surface area contributed by atoms with E-state index in [1.54, 1.807) is 45.0 Å². The standard InChI is InChI=1S/C16H20N4O4/c1-10-19-13(20-24-10)8-23-12-7-5-4-6-11(12)14(21)18-9-16(2,3)15(17)22/h4-7H,8-9H2,1-3H3,(H2,17,22)(H,18,21). The van der Waals surface area contributed by atoms with Crippen LogP contribution >= 0.6 is 0 Å². The highest BCUT2D eigenvalue weighted by atomic mass is 16.5. The van der Waals surface area contributed by atoms with Crippen molar-refractivity contribution in [1.82, 2.24) is 15.5 Å². The molecule has 128 valence electrons. The summed E-state index contributed by atoms with van der Waals surface area (Å²) in [6.07, 6.45) is 0. The first-order chi connectivity index (χ1) is 11.3. The Morgan fingerprint density at radius 1 is 1.33 bits per heavy atom. The maximum absolute atomic E-state index is 12.4. The van der Waals surface area contributed by atoms with Crippen LogP contribution in [0.4, 0.5) is 0 Å². The lowest BCUT2D eigenvalue weighted by Crippen LogP contribution is -2.42. The molecule has 1 heterocycles. The molecular weight excluding hydrogens is 312 g/mol. The third-order valence-corrected chi connectivity index (χ3v) is 3.42. The molecule has 24 heavy (non-hydrogen) atoms. The van der Waals surface area contributed by atoms with Gasteiger partial charge in [0.05, 0.1) is 11.0 Å². The van der Waals surface area contributed by atoms with Gasteiger partial charge in [-0.2, -0.15) is 4.98 Å². The number of para-hydroxylation sites is 1. The second kappa shape index (κ2) is 7.12. The summed E-state index contributed by atoms with van der Waals surface area (Å²) in [6.45, 7) is 5.21. The van der Waals surface area contributed by atoms with Crippen LogP contribution in [0.25, 0.3) is 0 Å². The third-order valence-electron chi connectivity index (χ3n) is 3.42. The van der Waals surface area contributed by atoms with Gasteiger partial charge in [-0.3, -0.25) is 9.59 Å². The van der Waals surface area contributed by atoms with Gasteiger partial charge in [-0.15, -0.1) is 0 Å². The Balaban J connectivity index is 2.04. The van der Waals surface area contributed by atoms with Crippen LogP contribution in [0.5, 0.6) is 5.75 Å². The van der Waals surface area contributed by atoms with E-state index in [1.165, 1.54) is 0 Å². The van der Waals surface area contributed by atoms with Crippen molar-refractivity contribution < 1.29 is 18.8 Å². The Morgan fingerprint density at radius 2 is 2.04 bits per heavy atom. The molecule has 1 aromatic heterocycles. The zero-order valence-electron chi connectivity index (χ0n) is 13.8. The number of amides is 2. The summed E-state index contributed by atoms with van der Waals surface area (Å²) in [5.74, 6) is 0.365. The summed E-state index contributed by atoms with van der Waals surface area (Å²) in [6, 6.07) is 6.77. The molecule has 0 fully saturated rings. The lowest BCUT2D eigenvalue weighted by Gasteiger charge is -2.21. The van der Waals surface area contributed by atoms with Crippen LogP contribution in [0.1, 0.15) is 35.9 Å². The second-order valence-corrected chi connectivity index (χ2v) is 5.95. The van der Waals surface area contributed by atoms with E-state index in [9.17, 15) is 9.59 Å². The molecule has 0 saturated carbocycles. The molecule has 0 aliphatic rings. The number of hydrogen-bond acceptors (Lipinski definition) is 6. The highest BCUT2D eigenvalue weighted by Gasteiger charge is 2.26. The molecule has 1 aromatic carbocycles. The van der Waals surface area contributed by atoms with Crippen LogP contribution in [0.15, 0.2) is 28.8 Å². The Morgan fingerprint density at radius 3 is 2.67 bits per heavy atom. The minimum atomic E-state index is -0.840. The number of hydrogen-bond donors (Lipinski definition) is 2. The molecule has 0 spiro atoms. The van der Waals surface area contributed by atoms with E-state index in [-0.39, 0.29) is 19.1 Å². The molecule has 2 amide bonds. The van der Waals surface area contributed by atoms with E-state index in [4.69, 9.17) is 15.0 Å². The monoisotopic (exact) mass is 332 g/mol. The van der Waals surface area contributed by atoms with Crippen LogP contribution in [0, 0.1) is 12.3 Å². The van der Waals surface area contributed by atoms with Crippen LogP contribution < -0.4 is 15.8 Å². The fraction of sp³-hybridized carbons (Fsp3) is 0.375. The van der Waals surface area contributed by atoms with Crippen molar-refractivity contribution in [2.24, 2.45) is 11.1 Å². The van der Waals surface area contributed by atoms with Gasteiger partial charge in [0.25, 0.3) is 5.91 Å². The molecule has 2 aromatic rings. The van der Waals surface area contributed by atoms with Gasteiger partial charge in [0, 0.05) is 13.5 Å². The van der Waals surface area contributed by atoms with Gasteiger partial charge in [-0.1, -0.05) is 17.3 Å². The fourth-order valence-electron chi connectivity index (χ4n) is 1.81. The number of nitrogens with two attached hydrogens (primary N) is 1. The molecule has 0 aliphatic heterocycles. The number of aryl methyl sites for hydroxylation is 1. The molecule has 0 unspecified atom stereocenters. The van der Waals surface area contributed by atoms with Crippen LogP contribution in [0.3, 0.4) is 0 Å². The van der Waals surface area contributed by atoms with Crippen molar-refractivity contribution in [1.29, 1.82) is 0 Å². The Labute approximate surface area is 139 Å². The maximum atomic E-state index is 12.4. The van der Waals surface area contributed by atoms with Gasteiger partial charge in [-0.25, -0.2) is 0 Å². The van der Waals surface area contributed by atoms with E-state index < -0.39 is 11.3 Å². The molecule has 2 rings (SSSR count). The van der Waals surface area contributed by atoms with Gasteiger partial charge in [0.2, 0.25) is 17.6 Å². The van der Waals surface area contributed by atoms with Gasteiger partial charge in [0.1, 0.15) is 5.75 Å². The highest BCUT2D eigenvalue weighted by molar-refractivity contribution is 5.97. The molecule has 0 radical (unpaired) electrons. The summed E-state index contributed by atoms with van der Waals surface area (Å²) in [4.78, 5) is 27.7. The number of rotatable bonds is 7. The minimum absolute atomic E-state index is 0.0778. The van der Waals surface area contributed by atoms with Crippen molar-refractivity contribution in [3.8, 4) is 5.75 Å². The normalized spacial score (nSPS) is 11.1. The largest absolute Gasteiger partial charge is 0.485 e. The van der Waals surface area contributed by atoms with Crippen molar-refractivity contribution >= 4 is 11.8 Å². The SMILES string of the molecule is Cc1nc(COc2ccccc2C(=O)NCC(C)(C)C(N)=O)no1. The van der Waals surface area contributed by atoms with Crippen molar-refractivity contribution in [3.63, 3.8) is 0 Å². The molecule has 0 saturated heterocycles. The number of nitrogens with one attached hydrogen (secondary N) is 1. The van der Waals surface area contributed by atoms with Gasteiger partial charge in [-0.05, 0) is 26.0 Å². The molecule has 3 N–H and O–H groups in total. The van der Waals surface area contributed by atoms with E-state index in [0.29, 0.717) is 23.0 Å². The van der Waals surface area contributed by atoms with Crippen LogP contribution in [-0.4, -0.2) is 28.5 Å². The average Bonchev–Trinajstić information content (AvgIpc) is 2.96. The van der Waals surface area contributed by atoms with Crippen LogP contribution in [0.2, 0.25) is 0 Å². The van der Waals surface area contributed by atoms with Gasteiger partial charge < -0.3 is 20.3 Å². The number of primary amides is 1. The molecule has 8 nitrogen and oxygen atoms in total. The van der Waals surface area contributed by atoms with E-state index in [1.807, 2.05) is 0 Å². The summed E-state index contributed by atoms with van der Waals surface area (Å²) >= 11 is 0. The number of ether oxygens (including phenoxy) is 1. The first-order valence-corrected chi connectivity index (χ1v) is 7.39. The molecule has 0 bridgehead atoms. The summed E-state index contributed by atoms with van der Waals surface area (Å²) in [7, 11) is 0. The highest BCUT2D eigenvalue weighted by Crippen LogP contribution is 2.20. The van der Waals surface area contributed by atoms with Crippen molar-refractivity contribution in [2.75, 3.05) is 6.54 Å². The first-order valence-electron chi connectivity index (χ1n) is 7.39. The maximum Gasteiger partial charge on any atom is 0.255 e. The quantitative estimate of drug-likeness (QED) is 0.786. The van der Waals surface area contributed by atoms with E-state index in [2.05, 4.69) is 15.5 Å². The van der Waals surface area contributed by atoms with E-state index in [0.717, 1.165) is 0 Å². The van der Waals surface area contributed by atoms with Gasteiger partial charge >= 0.3 is 0 Å². The molecular formula is C16H20N4O4. The fourth-order valence-corrected chi connectivity index (χ4v) is 1.81. The van der Waals surface area contributed by atoms with Crippen molar-refractivity contribution in [2.45, 2.75) is 27.4 Å². The summed E-state index contributed by atoms with van der Waals surface area (Å²) in [5, 5.41) is 6.42. The number of carbonyl (C=O) groups excluding carboxylic acids is 2. The lowest BCUT2D eigenvalue weighted by atomic mass is 9.92.